The van der Waals surface area contributed by atoms with Crippen LogP contribution in [0.5, 0.6) is 0 Å². The van der Waals surface area contributed by atoms with E-state index in [1.165, 1.54) is 76.5 Å². The molecule has 0 aliphatic rings. The first-order chi connectivity index (χ1) is 27.3. The number of imidazole rings is 1. The number of aromatic nitrogens is 2. The van der Waals surface area contributed by atoms with Gasteiger partial charge in [0.1, 0.15) is 5.82 Å². The molecule has 0 bridgehead atoms. The third-order valence-electron chi connectivity index (χ3n) is 11.2. The molecule has 10 aromatic carbocycles. The van der Waals surface area contributed by atoms with Crippen LogP contribution in [0.2, 0.25) is 0 Å². The van der Waals surface area contributed by atoms with Crippen LogP contribution in [0, 0.1) is 0 Å². The maximum Gasteiger partial charge on any atom is 0.146 e. The van der Waals surface area contributed by atoms with E-state index in [0.29, 0.717) is 0 Å². The molecule has 1 aromatic heterocycles. The van der Waals surface area contributed by atoms with Crippen molar-refractivity contribution in [2.45, 2.75) is 0 Å². The van der Waals surface area contributed by atoms with E-state index in [-0.39, 0.29) is 0 Å². The van der Waals surface area contributed by atoms with Gasteiger partial charge in [-0.1, -0.05) is 182 Å². The maximum atomic E-state index is 5.35. The van der Waals surface area contributed by atoms with E-state index in [1.807, 2.05) is 0 Å². The largest absolute Gasteiger partial charge is 0.292 e. The van der Waals surface area contributed by atoms with E-state index < -0.39 is 0 Å². The number of benzene rings is 10. The van der Waals surface area contributed by atoms with E-state index in [1.54, 1.807) is 0 Å². The van der Waals surface area contributed by atoms with E-state index in [9.17, 15) is 0 Å². The van der Waals surface area contributed by atoms with Crippen LogP contribution in [0.3, 0.4) is 0 Å². The fourth-order valence-corrected chi connectivity index (χ4v) is 8.87. The Hall–Kier alpha value is -7.29. The molecule has 2 nitrogen and oxygen atoms in total. The third-order valence-corrected chi connectivity index (χ3v) is 11.2. The number of hydrogen-bond donors (Lipinski definition) is 0. The van der Waals surface area contributed by atoms with Gasteiger partial charge in [-0.3, -0.25) is 4.57 Å². The van der Waals surface area contributed by atoms with Crippen LogP contribution in [-0.4, -0.2) is 9.55 Å². The monoisotopic (exact) mass is 698 g/mol. The average Bonchev–Trinajstić information content (AvgIpc) is 3.64. The standard InChI is InChI=1S/C53H34N2/c1-3-17-35(18-4-1)49-39-21-7-9-23-41(39)50(42-24-10-8-22-40(42)49)36-31-33-37(34-32-36)51-43-25-11-13-27-45(43)52(46-28-14-12-26-44(46)51)53-54-47-29-15-16-30-48(47)55(53)38-19-5-2-6-20-38/h1-34H. The minimum absolute atomic E-state index is 0.944. The molecule has 0 radical (unpaired) electrons. The SMILES string of the molecule is c1ccc(-c2c3ccccc3c(-c3ccc(-c4c5ccccc5c(-c5nc6ccccc6n5-c5ccccc5)c5ccccc45)cc3)c3ccccc23)cc1. The molecule has 256 valence electrons. The summed E-state index contributed by atoms with van der Waals surface area (Å²) in [6.07, 6.45) is 0. The number of hydrogen-bond acceptors (Lipinski definition) is 1. The third kappa shape index (κ3) is 4.92. The molecule has 0 atom stereocenters. The van der Waals surface area contributed by atoms with Crippen LogP contribution in [0.15, 0.2) is 206 Å². The highest BCUT2D eigenvalue weighted by Crippen LogP contribution is 2.47. The van der Waals surface area contributed by atoms with Gasteiger partial charge >= 0.3 is 0 Å². The van der Waals surface area contributed by atoms with Crippen LogP contribution in [-0.2, 0) is 0 Å². The second-order valence-corrected chi connectivity index (χ2v) is 14.2. The summed E-state index contributed by atoms with van der Waals surface area (Å²) in [6.45, 7) is 0. The second kappa shape index (κ2) is 12.7. The molecule has 0 saturated heterocycles. The van der Waals surface area contributed by atoms with Crippen LogP contribution < -0.4 is 0 Å². The molecule has 0 aliphatic heterocycles. The van der Waals surface area contributed by atoms with Gasteiger partial charge in [-0.2, -0.15) is 0 Å². The van der Waals surface area contributed by atoms with E-state index in [2.05, 4.69) is 211 Å². The first-order valence-corrected chi connectivity index (χ1v) is 18.9. The summed E-state index contributed by atoms with van der Waals surface area (Å²) in [5.74, 6) is 0.944. The Morgan fingerprint density at radius 1 is 0.273 bits per heavy atom. The van der Waals surface area contributed by atoms with Crippen molar-refractivity contribution in [1.82, 2.24) is 9.55 Å². The Morgan fingerprint density at radius 3 is 1.04 bits per heavy atom. The van der Waals surface area contributed by atoms with Crippen molar-refractivity contribution in [1.29, 1.82) is 0 Å². The fourth-order valence-electron chi connectivity index (χ4n) is 8.87. The molecule has 0 spiro atoms. The van der Waals surface area contributed by atoms with Gasteiger partial charge in [0.05, 0.1) is 11.0 Å². The van der Waals surface area contributed by atoms with Crippen LogP contribution in [0.4, 0.5) is 0 Å². The Labute approximate surface area is 319 Å². The molecule has 1 heterocycles. The van der Waals surface area contributed by atoms with Gasteiger partial charge < -0.3 is 0 Å². The van der Waals surface area contributed by atoms with Crippen molar-refractivity contribution in [2.24, 2.45) is 0 Å². The lowest BCUT2D eigenvalue weighted by molar-refractivity contribution is 1.11. The van der Waals surface area contributed by atoms with Gasteiger partial charge in [0.15, 0.2) is 0 Å². The zero-order chi connectivity index (χ0) is 36.3. The van der Waals surface area contributed by atoms with Crippen molar-refractivity contribution < 1.29 is 0 Å². The van der Waals surface area contributed by atoms with Gasteiger partial charge in [-0.25, -0.2) is 4.98 Å². The lowest BCUT2D eigenvalue weighted by atomic mass is 9.85. The molecule has 0 unspecified atom stereocenters. The normalized spacial score (nSPS) is 11.6. The van der Waals surface area contributed by atoms with Gasteiger partial charge in [-0.15, -0.1) is 0 Å². The Morgan fingerprint density at radius 2 is 0.600 bits per heavy atom. The topological polar surface area (TPSA) is 17.8 Å². The lowest BCUT2D eigenvalue weighted by Gasteiger charge is -2.19. The summed E-state index contributed by atoms with van der Waals surface area (Å²) >= 11 is 0. The highest BCUT2D eigenvalue weighted by Gasteiger charge is 2.22. The fraction of sp³-hybridized carbons (Fsp3) is 0. The number of rotatable bonds is 5. The summed E-state index contributed by atoms with van der Waals surface area (Å²) in [5.41, 5.74) is 11.7. The molecule has 0 amide bonds. The first-order valence-electron chi connectivity index (χ1n) is 18.9. The predicted octanol–water partition coefficient (Wildman–Crippen LogP) is 14.3. The molecule has 55 heavy (non-hydrogen) atoms. The van der Waals surface area contributed by atoms with Crippen LogP contribution in [0.25, 0.3) is 105 Å². The van der Waals surface area contributed by atoms with Crippen molar-refractivity contribution >= 4 is 54.1 Å². The van der Waals surface area contributed by atoms with Crippen molar-refractivity contribution in [3.05, 3.63) is 206 Å². The number of fused-ring (bicyclic) bond motifs is 5. The zero-order valence-corrected chi connectivity index (χ0v) is 30.0. The minimum Gasteiger partial charge on any atom is -0.292 e. The molecule has 0 fully saturated rings. The van der Waals surface area contributed by atoms with E-state index in [0.717, 1.165) is 28.1 Å². The molecule has 11 aromatic rings. The summed E-state index contributed by atoms with van der Waals surface area (Å²) in [7, 11) is 0. The van der Waals surface area contributed by atoms with Gasteiger partial charge in [-0.05, 0) is 101 Å². The van der Waals surface area contributed by atoms with E-state index in [4.69, 9.17) is 4.98 Å². The van der Waals surface area contributed by atoms with Gasteiger partial charge in [0.25, 0.3) is 0 Å². The number of nitrogens with zero attached hydrogens (tertiary/aromatic N) is 2. The Kier molecular flexibility index (Phi) is 7.21. The van der Waals surface area contributed by atoms with E-state index >= 15 is 0 Å². The lowest BCUT2D eigenvalue weighted by Crippen LogP contribution is -1.99. The Bertz CT molecular complexity index is 3120. The first kappa shape index (κ1) is 31.3. The summed E-state index contributed by atoms with van der Waals surface area (Å²) in [6, 6.07) is 74.5. The highest BCUT2D eigenvalue weighted by atomic mass is 15.1. The van der Waals surface area contributed by atoms with Crippen molar-refractivity contribution in [2.75, 3.05) is 0 Å². The average molecular weight is 699 g/mol. The molecular formula is C53H34N2. The van der Waals surface area contributed by atoms with Gasteiger partial charge in [0.2, 0.25) is 0 Å². The minimum atomic E-state index is 0.944. The molecule has 2 heteroatoms. The summed E-state index contributed by atoms with van der Waals surface area (Å²) in [5, 5.41) is 9.82. The predicted molar refractivity (Wildman–Crippen MR) is 233 cm³/mol. The van der Waals surface area contributed by atoms with Gasteiger partial charge in [0, 0.05) is 11.3 Å². The highest BCUT2D eigenvalue weighted by molar-refractivity contribution is 6.23. The quantitative estimate of drug-likeness (QED) is 0.164. The Balaban J connectivity index is 1.14. The van der Waals surface area contributed by atoms with Crippen molar-refractivity contribution in [3.8, 4) is 50.5 Å². The molecular weight excluding hydrogens is 665 g/mol. The molecule has 0 N–H and O–H groups in total. The second-order valence-electron chi connectivity index (χ2n) is 14.2. The van der Waals surface area contributed by atoms with Crippen LogP contribution in [0.1, 0.15) is 0 Å². The summed E-state index contributed by atoms with van der Waals surface area (Å²) in [4.78, 5) is 5.35. The molecule has 11 rings (SSSR count). The molecule has 0 saturated carbocycles. The zero-order valence-electron chi connectivity index (χ0n) is 30.0. The molecule has 0 aliphatic carbocycles. The van der Waals surface area contributed by atoms with Crippen LogP contribution >= 0.6 is 0 Å². The maximum absolute atomic E-state index is 5.35. The smallest absolute Gasteiger partial charge is 0.146 e. The van der Waals surface area contributed by atoms with Crippen molar-refractivity contribution in [3.63, 3.8) is 0 Å². The summed E-state index contributed by atoms with van der Waals surface area (Å²) < 4.78 is 2.32. The number of para-hydroxylation sites is 3.